The summed E-state index contributed by atoms with van der Waals surface area (Å²) >= 11 is 0. The van der Waals surface area contributed by atoms with Crippen molar-refractivity contribution in [1.82, 2.24) is 4.90 Å². The van der Waals surface area contributed by atoms with Gasteiger partial charge in [-0.25, -0.2) is 0 Å². The minimum atomic E-state index is -0.0274. The molecule has 0 aromatic heterocycles. The van der Waals surface area contributed by atoms with E-state index in [1.165, 1.54) is 19.3 Å². The van der Waals surface area contributed by atoms with E-state index < -0.39 is 0 Å². The first kappa shape index (κ1) is 11.1. The summed E-state index contributed by atoms with van der Waals surface area (Å²) in [6.45, 7) is 0.459. The first-order valence-corrected chi connectivity index (χ1v) is 6.82. The lowest BCUT2D eigenvalue weighted by Crippen LogP contribution is -2.53. The Hall–Kier alpha value is -0.970. The van der Waals surface area contributed by atoms with Crippen molar-refractivity contribution in [3.63, 3.8) is 0 Å². The second-order valence-electron chi connectivity index (χ2n) is 6.56. The summed E-state index contributed by atoms with van der Waals surface area (Å²) in [5, 5.41) is 0. The molecule has 4 aliphatic rings. The topological polar surface area (TPSA) is 20.3 Å². The second kappa shape index (κ2) is 3.77. The molecule has 92 valence electrons. The third kappa shape index (κ3) is 1.68. The molecule has 0 saturated heterocycles. The summed E-state index contributed by atoms with van der Waals surface area (Å²) in [4.78, 5) is 14.4. The number of hydrogen-bond acceptors (Lipinski definition) is 1. The largest absolute Gasteiger partial charge is 0.334 e. The molecule has 4 aliphatic carbocycles. The van der Waals surface area contributed by atoms with Crippen LogP contribution in [0.3, 0.4) is 0 Å². The van der Waals surface area contributed by atoms with Gasteiger partial charge in [-0.2, -0.15) is 0 Å². The van der Waals surface area contributed by atoms with Crippen molar-refractivity contribution < 1.29 is 4.79 Å². The van der Waals surface area contributed by atoms with E-state index in [9.17, 15) is 4.79 Å². The molecule has 0 aliphatic heterocycles. The van der Waals surface area contributed by atoms with Crippen molar-refractivity contribution in [3.05, 3.63) is 0 Å². The molecule has 0 spiro atoms. The summed E-state index contributed by atoms with van der Waals surface area (Å²) in [6, 6.07) is 0. The molecular formula is C15H21NO. The zero-order valence-electron chi connectivity index (χ0n) is 10.6. The monoisotopic (exact) mass is 231 g/mol. The van der Waals surface area contributed by atoms with E-state index >= 15 is 0 Å². The highest BCUT2D eigenvalue weighted by molar-refractivity contribution is 5.83. The van der Waals surface area contributed by atoms with E-state index in [0.717, 1.165) is 37.0 Å². The highest BCUT2D eigenvalue weighted by Gasteiger charge is 2.55. The van der Waals surface area contributed by atoms with Crippen molar-refractivity contribution >= 4 is 5.91 Å². The predicted molar refractivity (Wildman–Crippen MR) is 67.1 cm³/mol. The highest BCUT2D eigenvalue weighted by atomic mass is 16.2. The standard InChI is InChI=1S/C15H21NO/c1-3-4-16(2)14(17)15-8-11-5-12(9-15)7-13(6-11)10-15/h1,11-13H,4-10H2,2H3. The fraction of sp³-hybridized carbons (Fsp3) is 0.800. The highest BCUT2D eigenvalue weighted by Crippen LogP contribution is 2.60. The SMILES string of the molecule is C#CCN(C)C(=O)C12CC3CC(CC(C3)C1)C2. The minimum Gasteiger partial charge on any atom is -0.334 e. The molecule has 17 heavy (non-hydrogen) atoms. The second-order valence-corrected chi connectivity index (χ2v) is 6.56. The third-order valence-electron chi connectivity index (χ3n) is 5.17. The van der Waals surface area contributed by atoms with Gasteiger partial charge in [0.25, 0.3) is 0 Å². The van der Waals surface area contributed by atoms with Gasteiger partial charge in [-0.15, -0.1) is 6.42 Å². The molecule has 0 atom stereocenters. The molecule has 4 fully saturated rings. The van der Waals surface area contributed by atoms with Crippen LogP contribution in [-0.2, 0) is 4.79 Å². The molecule has 2 heteroatoms. The molecule has 4 rings (SSSR count). The number of carbonyl (C=O) groups excluding carboxylic acids is 1. The van der Waals surface area contributed by atoms with Gasteiger partial charge < -0.3 is 4.90 Å². The van der Waals surface area contributed by atoms with E-state index in [1.54, 1.807) is 4.90 Å². The molecule has 4 bridgehead atoms. The minimum absolute atomic E-state index is 0.0274. The van der Waals surface area contributed by atoms with Gasteiger partial charge in [0, 0.05) is 7.05 Å². The van der Waals surface area contributed by atoms with E-state index in [0.29, 0.717) is 12.5 Å². The normalized spacial score (nSPS) is 42.2. The van der Waals surface area contributed by atoms with E-state index in [4.69, 9.17) is 6.42 Å². The van der Waals surface area contributed by atoms with Gasteiger partial charge in [0.15, 0.2) is 0 Å². The number of rotatable bonds is 2. The van der Waals surface area contributed by atoms with Crippen molar-refractivity contribution in [2.24, 2.45) is 23.2 Å². The van der Waals surface area contributed by atoms with Crippen molar-refractivity contribution in [1.29, 1.82) is 0 Å². The third-order valence-corrected chi connectivity index (χ3v) is 5.17. The van der Waals surface area contributed by atoms with Crippen LogP contribution in [0.4, 0.5) is 0 Å². The summed E-state index contributed by atoms with van der Waals surface area (Å²) in [5.74, 6) is 5.38. The van der Waals surface area contributed by atoms with Gasteiger partial charge in [0.1, 0.15) is 0 Å². The number of hydrogen-bond donors (Lipinski definition) is 0. The molecule has 4 saturated carbocycles. The molecule has 0 aromatic carbocycles. The molecule has 2 nitrogen and oxygen atoms in total. The maximum Gasteiger partial charge on any atom is 0.229 e. The molecule has 0 aromatic rings. The number of amides is 1. The fourth-order valence-electron chi connectivity index (χ4n) is 4.99. The quantitative estimate of drug-likeness (QED) is 0.668. The van der Waals surface area contributed by atoms with Crippen molar-refractivity contribution in [2.45, 2.75) is 38.5 Å². The Morgan fingerprint density at radius 2 is 1.71 bits per heavy atom. The number of carbonyl (C=O) groups is 1. The zero-order valence-corrected chi connectivity index (χ0v) is 10.6. The Balaban J connectivity index is 1.82. The lowest BCUT2D eigenvalue weighted by atomic mass is 9.49. The van der Waals surface area contributed by atoms with E-state index in [1.807, 2.05) is 7.05 Å². The number of nitrogens with zero attached hydrogens (tertiary/aromatic N) is 1. The molecule has 0 heterocycles. The Kier molecular flexibility index (Phi) is 2.47. The summed E-state index contributed by atoms with van der Waals surface area (Å²) in [6.07, 6.45) is 12.9. The molecule has 0 N–H and O–H groups in total. The lowest BCUT2D eigenvalue weighted by molar-refractivity contribution is -0.155. The van der Waals surface area contributed by atoms with Crippen LogP contribution in [0.25, 0.3) is 0 Å². The van der Waals surface area contributed by atoms with Gasteiger partial charge >= 0.3 is 0 Å². The summed E-state index contributed by atoms with van der Waals surface area (Å²) in [5.41, 5.74) is -0.0274. The molecule has 0 radical (unpaired) electrons. The first-order valence-electron chi connectivity index (χ1n) is 6.82. The van der Waals surface area contributed by atoms with Gasteiger partial charge in [-0.1, -0.05) is 5.92 Å². The Labute approximate surface area is 104 Å². The summed E-state index contributed by atoms with van der Waals surface area (Å²) in [7, 11) is 1.86. The fourth-order valence-corrected chi connectivity index (χ4v) is 4.99. The zero-order chi connectivity index (χ0) is 12.0. The van der Waals surface area contributed by atoms with Crippen LogP contribution in [0.1, 0.15) is 38.5 Å². The Bertz CT molecular complexity index is 344. The van der Waals surface area contributed by atoms with Crippen LogP contribution in [0.5, 0.6) is 0 Å². The van der Waals surface area contributed by atoms with Crippen LogP contribution in [-0.4, -0.2) is 24.4 Å². The smallest absolute Gasteiger partial charge is 0.229 e. The molecule has 0 unspecified atom stereocenters. The maximum atomic E-state index is 12.6. The van der Waals surface area contributed by atoms with Crippen LogP contribution in [0.2, 0.25) is 0 Å². The van der Waals surface area contributed by atoms with Crippen LogP contribution < -0.4 is 0 Å². The Morgan fingerprint density at radius 3 is 2.12 bits per heavy atom. The van der Waals surface area contributed by atoms with Gasteiger partial charge in [-0.05, 0) is 56.3 Å². The average molecular weight is 231 g/mol. The average Bonchev–Trinajstić information content (AvgIpc) is 2.26. The molecule has 1 amide bonds. The number of terminal acetylenes is 1. The van der Waals surface area contributed by atoms with Crippen LogP contribution in [0, 0.1) is 35.5 Å². The molecular weight excluding hydrogens is 210 g/mol. The lowest BCUT2D eigenvalue weighted by Gasteiger charge is -2.56. The maximum absolute atomic E-state index is 12.6. The van der Waals surface area contributed by atoms with E-state index in [2.05, 4.69) is 5.92 Å². The first-order chi connectivity index (χ1) is 8.13. The van der Waals surface area contributed by atoms with Gasteiger partial charge in [-0.3, -0.25) is 4.79 Å². The van der Waals surface area contributed by atoms with Crippen LogP contribution in [0.15, 0.2) is 0 Å². The van der Waals surface area contributed by atoms with Crippen LogP contribution >= 0.6 is 0 Å². The summed E-state index contributed by atoms with van der Waals surface area (Å²) < 4.78 is 0. The van der Waals surface area contributed by atoms with Crippen molar-refractivity contribution in [3.8, 4) is 12.3 Å². The predicted octanol–water partition coefficient (Wildman–Crippen LogP) is 2.29. The van der Waals surface area contributed by atoms with Gasteiger partial charge in [0.05, 0.1) is 12.0 Å². The van der Waals surface area contributed by atoms with Gasteiger partial charge in [0.2, 0.25) is 5.91 Å². The van der Waals surface area contributed by atoms with Crippen molar-refractivity contribution in [2.75, 3.05) is 13.6 Å². The Morgan fingerprint density at radius 1 is 1.24 bits per heavy atom. The van der Waals surface area contributed by atoms with E-state index in [-0.39, 0.29) is 5.41 Å².